The first kappa shape index (κ1) is 21.6. The molecule has 4 heterocycles. The molecule has 3 aromatic heterocycles. The number of pyridine rings is 1. The molecule has 185 valence electrons. The molecule has 0 fully saturated rings. The van der Waals surface area contributed by atoms with Crippen LogP contribution in [0.25, 0.3) is 60.8 Å². The van der Waals surface area contributed by atoms with Crippen molar-refractivity contribution in [2.75, 3.05) is 4.81 Å². The van der Waals surface area contributed by atoms with Crippen molar-refractivity contribution in [3.8, 4) is 17.1 Å². The van der Waals surface area contributed by atoms with Crippen molar-refractivity contribution >= 4 is 68.0 Å². The van der Waals surface area contributed by atoms with Gasteiger partial charge in [0, 0.05) is 33.3 Å². The van der Waals surface area contributed by atoms with Crippen molar-refractivity contribution in [3.05, 3.63) is 127 Å². The first-order valence-electron chi connectivity index (χ1n) is 13.5. The number of aromatic nitrogens is 2. The number of hydrogen-bond acceptors (Lipinski definition) is 3. The molecule has 9 rings (SSSR count). The van der Waals surface area contributed by atoms with Crippen LogP contribution in [0.2, 0.25) is 0 Å². The van der Waals surface area contributed by atoms with Crippen molar-refractivity contribution in [2.45, 2.75) is 0 Å². The van der Waals surface area contributed by atoms with E-state index in [1.807, 2.05) is 12.1 Å². The van der Waals surface area contributed by atoms with E-state index in [-0.39, 0.29) is 0 Å². The number of rotatable bonds is 2. The molecule has 0 atom stereocenters. The highest BCUT2D eigenvalue weighted by Gasteiger charge is 2.27. The first-order chi connectivity index (χ1) is 19.8. The van der Waals surface area contributed by atoms with Crippen molar-refractivity contribution in [3.63, 3.8) is 0 Å². The summed E-state index contributed by atoms with van der Waals surface area (Å²) >= 11 is 0. The molecule has 4 nitrogen and oxygen atoms in total. The lowest BCUT2D eigenvalue weighted by molar-refractivity contribution is 0.669. The molecule has 0 aliphatic carbocycles. The van der Waals surface area contributed by atoms with Crippen molar-refractivity contribution in [2.24, 2.45) is 0 Å². The van der Waals surface area contributed by atoms with Gasteiger partial charge in [-0.3, -0.25) is 4.57 Å². The van der Waals surface area contributed by atoms with Gasteiger partial charge in [0.05, 0.1) is 22.4 Å². The Morgan fingerprint density at radius 2 is 1.25 bits per heavy atom. The van der Waals surface area contributed by atoms with Gasteiger partial charge in [-0.15, -0.1) is 0 Å². The lowest BCUT2D eigenvalue weighted by Gasteiger charge is -2.32. The summed E-state index contributed by atoms with van der Waals surface area (Å²) in [5.41, 5.74) is 9.38. The molecule has 0 saturated heterocycles. The van der Waals surface area contributed by atoms with Crippen LogP contribution in [-0.4, -0.2) is 17.0 Å². The van der Waals surface area contributed by atoms with Gasteiger partial charge in [0.15, 0.2) is 0 Å². The Hall–Kier alpha value is -5.29. The van der Waals surface area contributed by atoms with Crippen molar-refractivity contribution in [1.29, 1.82) is 0 Å². The molecule has 1 aliphatic heterocycles. The number of hydrogen-bond donors (Lipinski definition) is 0. The molecule has 0 bridgehead atoms. The zero-order chi connectivity index (χ0) is 26.2. The quantitative estimate of drug-likeness (QED) is 0.220. The summed E-state index contributed by atoms with van der Waals surface area (Å²) in [6, 6.07) is 44.6. The van der Waals surface area contributed by atoms with Crippen LogP contribution in [0, 0.1) is 0 Å². The van der Waals surface area contributed by atoms with Gasteiger partial charge < -0.3 is 9.23 Å². The highest BCUT2D eigenvalue weighted by molar-refractivity contribution is 6.63. The maximum absolute atomic E-state index is 6.23. The summed E-state index contributed by atoms with van der Waals surface area (Å²) in [7, 11) is 2.20. The minimum Gasteiger partial charge on any atom is -0.456 e. The van der Waals surface area contributed by atoms with Gasteiger partial charge in [0.25, 0.3) is 7.41 Å². The third-order valence-corrected chi connectivity index (χ3v) is 8.05. The fraction of sp³-hybridized carbons (Fsp3) is 0. The molecule has 1 radical (unpaired) electrons. The van der Waals surface area contributed by atoms with Crippen LogP contribution in [0.4, 0.5) is 11.4 Å². The molecule has 0 amide bonds. The minimum absolute atomic E-state index is 0.877. The van der Waals surface area contributed by atoms with Gasteiger partial charge in [-0.2, -0.15) is 0 Å². The van der Waals surface area contributed by atoms with Crippen LogP contribution in [-0.2, 0) is 0 Å². The molecular weight excluding hydrogens is 489 g/mol. The summed E-state index contributed by atoms with van der Waals surface area (Å²) in [6.07, 6.45) is 0. The van der Waals surface area contributed by atoms with Gasteiger partial charge >= 0.3 is 0 Å². The maximum Gasteiger partial charge on any atom is 0.291 e. The lowest BCUT2D eigenvalue weighted by atomic mass is 9.72. The second kappa shape index (κ2) is 8.11. The van der Waals surface area contributed by atoms with Crippen LogP contribution in [0.5, 0.6) is 0 Å². The van der Waals surface area contributed by atoms with E-state index in [0.717, 1.165) is 66.9 Å². The summed E-state index contributed by atoms with van der Waals surface area (Å²) < 4.78 is 8.51. The molecule has 8 aromatic rings. The second-order valence-corrected chi connectivity index (χ2v) is 10.3. The topological polar surface area (TPSA) is 34.2 Å². The molecule has 5 heteroatoms. The van der Waals surface area contributed by atoms with Crippen molar-refractivity contribution < 1.29 is 4.42 Å². The molecule has 1 aliphatic rings. The predicted molar refractivity (Wildman–Crippen MR) is 165 cm³/mol. The molecule has 0 N–H and O–H groups in total. The highest BCUT2D eigenvalue weighted by atomic mass is 16.3. The van der Waals surface area contributed by atoms with E-state index in [1.54, 1.807) is 0 Å². The second-order valence-electron chi connectivity index (χ2n) is 10.3. The Balaban J connectivity index is 1.26. The minimum atomic E-state index is 0.877. The smallest absolute Gasteiger partial charge is 0.291 e. The molecule has 0 unspecified atom stereocenters. The van der Waals surface area contributed by atoms with Gasteiger partial charge in [-0.05, 0) is 48.0 Å². The average Bonchev–Trinajstić information content (AvgIpc) is 3.56. The summed E-state index contributed by atoms with van der Waals surface area (Å²) in [5, 5.41) is 4.71. The Morgan fingerprint density at radius 3 is 2.08 bits per heavy atom. The van der Waals surface area contributed by atoms with Crippen LogP contribution < -0.4 is 10.3 Å². The molecule has 40 heavy (non-hydrogen) atoms. The summed E-state index contributed by atoms with van der Waals surface area (Å²) in [5.74, 6) is 0.903. The Kier molecular flexibility index (Phi) is 4.38. The zero-order valence-corrected chi connectivity index (χ0v) is 21.5. The fourth-order valence-corrected chi connectivity index (χ4v) is 6.24. The van der Waals surface area contributed by atoms with E-state index in [9.17, 15) is 0 Å². The van der Waals surface area contributed by atoms with E-state index in [4.69, 9.17) is 9.40 Å². The molecule has 0 saturated carbocycles. The monoisotopic (exact) mass is 510 g/mol. The van der Waals surface area contributed by atoms with Gasteiger partial charge in [-0.1, -0.05) is 84.3 Å². The van der Waals surface area contributed by atoms with Gasteiger partial charge in [-0.25, -0.2) is 4.98 Å². The zero-order valence-electron chi connectivity index (χ0n) is 21.5. The van der Waals surface area contributed by atoms with Crippen LogP contribution in [0.3, 0.4) is 0 Å². The normalized spacial score (nSPS) is 12.7. The van der Waals surface area contributed by atoms with Crippen LogP contribution >= 0.6 is 0 Å². The third-order valence-electron chi connectivity index (χ3n) is 8.05. The molecule has 5 aromatic carbocycles. The highest BCUT2D eigenvalue weighted by Crippen LogP contribution is 2.40. The standard InChI is InChI=1S/C35H21BN3O/c1-5-13-28-27(12-1)35-31(39(36-28)22-17-18-26-25-11-4-8-16-32(25)40-33(26)21-22)19-20-34(37-35)38-29-14-6-2-9-23(29)24-10-3-7-15-30(24)38/h1-21H. The Morgan fingerprint density at radius 1 is 0.575 bits per heavy atom. The predicted octanol–water partition coefficient (Wildman–Crippen LogP) is 8.14. The number of furan rings is 1. The first-order valence-corrected chi connectivity index (χ1v) is 13.5. The number of nitrogens with zero attached hydrogens (tertiary/aromatic N) is 3. The van der Waals surface area contributed by atoms with Crippen LogP contribution in [0.1, 0.15) is 0 Å². The van der Waals surface area contributed by atoms with E-state index in [2.05, 4.69) is 132 Å². The molecule has 0 spiro atoms. The molecular formula is C35H21BN3O. The van der Waals surface area contributed by atoms with Gasteiger partial charge in [0.2, 0.25) is 0 Å². The number of benzene rings is 5. The summed E-state index contributed by atoms with van der Waals surface area (Å²) in [4.78, 5) is 7.58. The largest absolute Gasteiger partial charge is 0.456 e. The SMILES string of the molecule is [B]1c2ccccc2-c2nc(-n3c4ccccc4c4ccccc43)ccc2N1c1ccc2c(c1)oc1ccccc12. The van der Waals surface area contributed by atoms with E-state index in [0.29, 0.717) is 0 Å². The maximum atomic E-state index is 6.23. The number of anilines is 2. The lowest BCUT2D eigenvalue weighted by Crippen LogP contribution is -2.37. The van der Waals surface area contributed by atoms with Crippen LogP contribution in [0.15, 0.2) is 132 Å². The Labute approximate surface area is 231 Å². The summed E-state index contributed by atoms with van der Waals surface area (Å²) in [6.45, 7) is 0. The van der Waals surface area contributed by atoms with Gasteiger partial charge in [0.1, 0.15) is 17.0 Å². The average molecular weight is 510 g/mol. The fourth-order valence-electron chi connectivity index (χ4n) is 6.24. The Bertz CT molecular complexity index is 2230. The van der Waals surface area contributed by atoms with E-state index in [1.165, 1.54) is 10.8 Å². The van der Waals surface area contributed by atoms with E-state index >= 15 is 0 Å². The third kappa shape index (κ3) is 3.00. The number of para-hydroxylation sites is 3. The van der Waals surface area contributed by atoms with E-state index < -0.39 is 0 Å². The number of fused-ring (bicyclic) bond motifs is 9. The van der Waals surface area contributed by atoms with Crippen molar-refractivity contribution in [1.82, 2.24) is 9.55 Å².